The van der Waals surface area contributed by atoms with Gasteiger partial charge in [-0.25, -0.2) is 13.1 Å². The molecule has 25 heavy (non-hydrogen) atoms. The van der Waals surface area contributed by atoms with Gasteiger partial charge in [-0.3, -0.25) is 0 Å². The number of rotatable bonds is 9. The normalized spacial score (nSPS) is 17.6. The van der Waals surface area contributed by atoms with Gasteiger partial charge in [0.05, 0.1) is 18.1 Å². The van der Waals surface area contributed by atoms with Gasteiger partial charge in [0.25, 0.3) is 0 Å². The molecule has 1 aliphatic heterocycles. The maximum atomic E-state index is 12.6. The van der Waals surface area contributed by atoms with E-state index in [1.807, 2.05) is 0 Å². The smallest absolute Gasteiger partial charge is 0.240 e. The zero-order valence-corrected chi connectivity index (χ0v) is 16.2. The summed E-state index contributed by atoms with van der Waals surface area (Å²) < 4.78 is 38.9. The second-order valence-corrected chi connectivity index (χ2v) is 8.95. The van der Waals surface area contributed by atoms with Gasteiger partial charge in [-0.2, -0.15) is 0 Å². The number of nitrogens with one attached hydrogen (secondary N) is 2. The Morgan fingerprint density at radius 3 is 2.40 bits per heavy atom. The Hall–Kier alpha value is -1.15. The first-order valence-corrected chi connectivity index (χ1v) is 10.3. The van der Waals surface area contributed by atoms with Gasteiger partial charge >= 0.3 is 0 Å². The van der Waals surface area contributed by atoms with E-state index in [2.05, 4.69) is 23.9 Å². The lowest BCUT2D eigenvalue weighted by Crippen LogP contribution is -2.47. The van der Waals surface area contributed by atoms with E-state index in [1.54, 1.807) is 31.4 Å². The highest BCUT2D eigenvalue weighted by Gasteiger charge is 2.33. The number of methoxy groups -OCH3 is 1. The van der Waals surface area contributed by atoms with Crippen LogP contribution < -0.4 is 14.8 Å². The molecule has 6 nitrogen and oxygen atoms in total. The van der Waals surface area contributed by atoms with Crippen molar-refractivity contribution in [2.75, 3.05) is 40.0 Å². The maximum absolute atomic E-state index is 12.6. The van der Waals surface area contributed by atoms with Gasteiger partial charge in [-0.1, -0.05) is 13.8 Å². The highest BCUT2D eigenvalue weighted by molar-refractivity contribution is 7.89. The van der Waals surface area contributed by atoms with Crippen LogP contribution in [0.2, 0.25) is 0 Å². The summed E-state index contributed by atoms with van der Waals surface area (Å²) in [5, 5.41) is 3.31. The van der Waals surface area contributed by atoms with Crippen LogP contribution in [0.1, 0.15) is 26.7 Å². The molecule has 2 N–H and O–H groups in total. The van der Waals surface area contributed by atoms with Gasteiger partial charge in [0.15, 0.2) is 0 Å². The van der Waals surface area contributed by atoms with Crippen molar-refractivity contribution in [1.29, 1.82) is 0 Å². The monoisotopic (exact) mass is 370 g/mol. The van der Waals surface area contributed by atoms with Crippen LogP contribution in [0.5, 0.6) is 5.75 Å². The van der Waals surface area contributed by atoms with Crippen LogP contribution in [-0.2, 0) is 14.8 Å². The van der Waals surface area contributed by atoms with E-state index in [4.69, 9.17) is 9.47 Å². The molecule has 1 aromatic rings. The molecule has 7 heteroatoms. The molecular weight excluding hydrogens is 340 g/mol. The van der Waals surface area contributed by atoms with Crippen molar-refractivity contribution in [3.63, 3.8) is 0 Å². The fourth-order valence-electron chi connectivity index (χ4n) is 2.94. The molecule has 0 radical (unpaired) electrons. The lowest BCUT2D eigenvalue weighted by Gasteiger charge is -2.37. The Morgan fingerprint density at radius 2 is 1.84 bits per heavy atom. The number of hydrogen-bond acceptors (Lipinski definition) is 5. The van der Waals surface area contributed by atoms with E-state index in [9.17, 15) is 8.42 Å². The van der Waals surface area contributed by atoms with Gasteiger partial charge in [-0.15, -0.1) is 0 Å². The Labute approximate surface area is 151 Å². The van der Waals surface area contributed by atoms with Crippen molar-refractivity contribution >= 4 is 10.0 Å². The summed E-state index contributed by atoms with van der Waals surface area (Å²) in [6.07, 6.45) is 1.79. The van der Waals surface area contributed by atoms with Crippen molar-refractivity contribution in [3.05, 3.63) is 24.3 Å². The van der Waals surface area contributed by atoms with Gasteiger partial charge in [0.1, 0.15) is 5.75 Å². The fraction of sp³-hybridized carbons (Fsp3) is 0.667. The molecule has 1 heterocycles. The predicted octanol–water partition coefficient (Wildman–Crippen LogP) is 2.02. The summed E-state index contributed by atoms with van der Waals surface area (Å²) in [7, 11) is -1.88. The van der Waals surface area contributed by atoms with Crippen molar-refractivity contribution < 1.29 is 17.9 Å². The highest BCUT2D eigenvalue weighted by atomic mass is 32.2. The molecule has 1 aromatic carbocycles. The van der Waals surface area contributed by atoms with Crippen LogP contribution in [0.25, 0.3) is 0 Å². The molecule has 0 unspecified atom stereocenters. The molecule has 0 saturated carbocycles. The first kappa shape index (κ1) is 20.2. The largest absolute Gasteiger partial charge is 0.493 e. The molecule has 1 fully saturated rings. The molecule has 0 amide bonds. The Bertz CT molecular complexity index is 617. The van der Waals surface area contributed by atoms with Crippen molar-refractivity contribution in [2.24, 2.45) is 11.3 Å². The third-order valence-electron chi connectivity index (χ3n) is 4.47. The minimum absolute atomic E-state index is 0.145. The summed E-state index contributed by atoms with van der Waals surface area (Å²) in [6, 6.07) is 6.58. The zero-order valence-electron chi connectivity index (χ0n) is 15.4. The summed E-state index contributed by atoms with van der Waals surface area (Å²) in [6.45, 7) is 7.45. The molecule has 0 bridgehead atoms. The summed E-state index contributed by atoms with van der Waals surface area (Å²) in [5.41, 5.74) is -0.145. The van der Waals surface area contributed by atoms with Crippen LogP contribution in [-0.4, -0.2) is 48.4 Å². The standard InChI is InChI=1S/C18H30N2O4S/c1-15(2)12-24-16-4-6-17(7-5-16)25(21,22)20-13-18(14-23-3)8-10-19-11-9-18/h4-7,15,19-20H,8-14H2,1-3H3. The molecule has 1 aliphatic rings. The quantitative estimate of drug-likeness (QED) is 0.695. The Balaban J connectivity index is 2.00. The molecule has 0 atom stereocenters. The maximum Gasteiger partial charge on any atom is 0.240 e. The number of sulfonamides is 1. The van der Waals surface area contributed by atoms with E-state index < -0.39 is 10.0 Å². The summed E-state index contributed by atoms with van der Waals surface area (Å²) in [5.74, 6) is 1.11. The summed E-state index contributed by atoms with van der Waals surface area (Å²) >= 11 is 0. The average Bonchev–Trinajstić information content (AvgIpc) is 2.60. The number of piperidine rings is 1. The van der Waals surface area contributed by atoms with E-state index >= 15 is 0 Å². The van der Waals surface area contributed by atoms with Gasteiger partial charge in [0.2, 0.25) is 10.0 Å². The van der Waals surface area contributed by atoms with Gasteiger partial charge in [0, 0.05) is 19.1 Å². The lowest BCUT2D eigenvalue weighted by molar-refractivity contribution is 0.0577. The molecule has 1 saturated heterocycles. The molecule has 2 rings (SSSR count). The Kier molecular flexibility index (Phi) is 7.25. The fourth-order valence-corrected chi connectivity index (χ4v) is 4.10. The van der Waals surface area contributed by atoms with Gasteiger partial charge < -0.3 is 14.8 Å². The Morgan fingerprint density at radius 1 is 1.20 bits per heavy atom. The SMILES string of the molecule is COCC1(CNS(=O)(=O)c2ccc(OCC(C)C)cc2)CCNCC1. The number of hydrogen-bond donors (Lipinski definition) is 2. The van der Waals surface area contributed by atoms with E-state index in [-0.39, 0.29) is 10.3 Å². The van der Waals surface area contributed by atoms with Crippen LogP contribution in [0.3, 0.4) is 0 Å². The highest BCUT2D eigenvalue weighted by Crippen LogP contribution is 2.29. The molecule has 142 valence electrons. The van der Waals surface area contributed by atoms with Crippen molar-refractivity contribution in [1.82, 2.24) is 10.0 Å². The van der Waals surface area contributed by atoms with Crippen molar-refractivity contribution in [2.45, 2.75) is 31.6 Å². The molecule has 0 aromatic heterocycles. The van der Waals surface area contributed by atoms with Crippen LogP contribution >= 0.6 is 0 Å². The first-order chi connectivity index (χ1) is 11.9. The second kappa shape index (κ2) is 8.98. The van der Waals surface area contributed by atoms with Crippen LogP contribution in [0, 0.1) is 11.3 Å². The average molecular weight is 371 g/mol. The zero-order chi connectivity index (χ0) is 18.3. The van der Waals surface area contributed by atoms with Crippen molar-refractivity contribution in [3.8, 4) is 5.75 Å². The second-order valence-electron chi connectivity index (χ2n) is 7.18. The van der Waals surface area contributed by atoms with E-state index in [0.717, 1.165) is 25.9 Å². The van der Waals surface area contributed by atoms with E-state index in [0.29, 0.717) is 31.4 Å². The molecule has 0 aliphatic carbocycles. The topological polar surface area (TPSA) is 76.7 Å². The summed E-state index contributed by atoms with van der Waals surface area (Å²) in [4.78, 5) is 0.255. The first-order valence-electron chi connectivity index (χ1n) is 8.79. The number of ether oxygens (including phenoxy) is 2. The minimum atomic E-state index is -3.55. The minimum Gasteiger partial charge on any atom is -0.493 e. The third-order valence-corrected chi connectivity index (χ3v) is 5.89. The van der Waals surface area contributed by atoms with Crippen LogP contribution in [0.15, 0.2) is 29.2 Å². The third kappa shape index (κ3) is 5.95. The van der Waals surface area contributed by atoms with Crippen LogP contribution in [0.4, 0.5) is 0 Å². The van der Waals surface area contributed by atoms with E-state index in [1.165, 1.54) is 0 Å². The molecular formula is C18H30N2O4S. The predicted molar refractivity (Wildman–Crippen MR) is 98.4 cm³/mol. The number of benzene rings is 1. The lowest BCUT2D eigenvalue weighted by atomic mass is 9.80. The molecule has 0 spiro atoms. The van der Waals surface area contributed by atoms with Gasteiger partial charge in [-0.05, 0) is 56.1 Å².